The van der Waals surface area contributed by atoms with Crippen molar-refractivity contribution in [3.8, 4) is 5.75 Å². The molecule has 1 aromatic carbocycles. The highest BCUT2D eigenvalue weighted by Gasteiger charge is 2.19. The Morgan fingerprint density at radius 1 is 1.22 bits per heavy atom. The van der Waals surface area contributed by atoms with Crippen LogP contribution in [-0.2, 0) is 4.79 Å². The minimum Gasteiger partial charge on any atom is -0.481 e. The van der Waals surface area contributed by atoms with Gasteiger partial charge in [0.25, 0.3) is 5.91 Å². The first kappa shape index (κ1) is 14.6. The van der Waals surface area contributed by atoms with Gasteiger partial charge in [0.2, 0.25) is 0 Å². The highest BCUT2D eigenvalue weighted by Crippen LogP contribution is 2.18. The van der Waals surface area contributed by atoms with Gasteiger partial charge in [-0.2, -0.15) is 0 Å². The van der Waals surface area contributed by atoms with Gasteiger partial charge in [0, 0.05) is 13.1 Å². The van der Waals surface area contributed by atoms with Gasteiger partial charge in [0.1, 0.15) is 5.75 Å². The summed E-state index contributed by atoms with van der Waals surface area (Å²) in [5.74, 6) is 0.796. The van der Waals surface area contributed by atoms with E-state index in [1.807, 2.05) is 39.0 Å². The molecule has 1 amide bonds. The first-order valence-electron chi connectivity index (χ1n) is 6.52. The summed E-state index contributed by atoms with van der Waals surface area (Å²) in [6.07, 6.45) is -0.438. The Labute approximate surface area is 110 Å². The number of hydrogen-bond donors (Lipinski definition) is 0. The molecule has 0 unspecified atom stereocenters. The summed E-state index contributed by atoms with van der Waals surface area (Å²) in [4.78, 5) is 13.8. The molecule has 0 fully saturated rings. The van der Waals surface area contributed by atoms with Crippen LogP contribution in [0.3, 0.4) is 0 Å². The molecule has 0 spiro atoms. The maximum atomic E-state index is 12.1. The maximum Gasteiger partial charge on any atom is 0.263 e. The molecule has 0 heterocycles. The van der Waals surface area contributed by atoms with E-state index in [0.717, 1.165) is 18.8 Å². The fraction of sp³-hybridized carbons (Fsp3) is 0.533. The molecule has 18 heavy (non-hydrogen) atoms. The fourth-order valence-electron chi connectivity index (χ4n) is 1.83. The molecule has 100 valence electrons. The Balaban J connectivity index is 2.71. The standard InChI is InChI=1S/C15H23NO2/c1-6-16(7-2)15(17)13(5)18-14-9-8-11(3)12(4)10-14/h8-10,13H,6-7H2,1-5H3/t13-/m1/s1. The zero-order valence-corrected chi connectivity index (χ0v) is 12.0. The summed E-state index contributed by atoms with van der Waals surface area (Å²) in [5.41, 5.74) is 2.40. The number of amides is 1. The predicted octanol–water partition coefficient (Wildman–Crippen LogP) is 2.94. The van der Waals surface area contributed by atoms with E-state index >= 15 is 0 Å². The van der Waals surface area contributed by atoms with Crippen LogP contribution in [-0.4, -0.2) is 30.0 Å². The van der Waals surface area contributed by atoms with Crippen LogP contribution in [0.5, 0.6) is 5.75 Å². The molecule has 0 aliphatic heterocycles. The monoisotopic (exact) mass is 249 g/mol. The first-order chi connectivity index (χ1) is 8.49. The van der Waals surface area contributed by atoms with Crippen molar-refractivity contribution < 1.29 is 9.53 Å². The molecule has 0 radical (unpaired) electrons. The molecule has 0 N–H and O–H groups in total. The van der Waals surface area contributed by atoms with Gasteiger partial charge in [-0.1, -0.05) is 6.07 Å². The number of aryl methyl sites for hydroxylation is 2. The third-order valence-corrected chi connectivity index (χ3v) is 3.21. The van der Waals surface area contributed by atoms with E-state index in [-0.39, 0.29) is 5.91 Å². The normalized spacial score (nSPS) is 12.1. The second-order valence-electron chi connectivity index (χ2n) is 4.52. The number of rotatable bonds is 5. The number of benzene rings is 1. The molecule has 0 saturated carbocycles. The van der Waals surface area contributed by atoms with Crippen LogP contribution in [0.4, 0.5) is 0 Å². The molecule has 0 bridgehead atoms. The van der Waals surface area contributed by atoms with E-state index in [4.69, 9.17) is 4.74 Å². The van der Waals surface area contributed by atoms with Crippen molar-refractivity contribution in [2.45, 2.75) is 40.7 Å². The number of carbonyl (C=O) groups is 1. The highest BCUT2D eigenvalue weighted by molar-refractivity contribution is 5.80. The molecular formula is C15H23NO2. The van der Waals surface area contributed by atoms with Crippen LogP contribution in [0.15, 0.2) is 18.2 Å². The van der Waals surface area contributed by atoms with E-state index in [0.29, 0.717) is 0 Å². The van der Waals surface area contributed by atoms with Gasteiger partial charge >= 0.3 is 0 Å². The zero-order chi connectivity index (χ0) is 13.7. The molecule has 1 aromatic rings. The summed E-state index contributed by atoms with van der Waals surface area (Å²) in [6, 6.07) is 5.90. The summed E-state index contributed by atoms with van der Waals surface area (Å²) < 4.78 is 5.71. The summed E-state index contributed by atoms with van der Waals surface area (Å²) in [6.45, 7) is 11.3. The Kier molecular flexibility index (Phi) is 5.20. The quantitative estimate of drug-likeness (QED) is 0.803. The van der Waals surface area contributed by atoms with E-state index in [2.05, 4.69) is 6.92 Å². The van der Waals surface area contributed by atoms with Crippen molar-refractivity contribution >= 4 is 5.91 Å². The average Bonchev–Trinajstić information content (AvgIpc) is 2.35. The second kappa shape index (κ2) is 6.43. The maximum absolute atomic E-state index is 12.1. The Morgan fingerprint density at radius 3 is 2.33 bits per heavy atom. The van der Waals surface area contributed by atoms with Gasteiger partial charge in [0.05, 0.1) is 0 Å². The van der Waals surface area contributed by atoms with Gasteiger partial charge in [-0.05, 0) is 57.9 Å². The lowest BCUT2D eigenvalue weighted by molar-refractivity contribution is -0.137. The van der Waals surface area contributed by atoms with E-state index < -0.39 is 6.10 Å². The van der Waals surface area contributed by atoms with Crippen LogP contribution < -0.4 is 4.74 Å². The molecule has 0 aromatic heterocycles. The third kappa shape index (κ3) is 3.49. The number of ether oxygens (including phenoxy) is 1. The van der Waals surface area contributed by atoms with Gasteiger partial charge in [-0.3, -0.25) is 4.79 Å². The Hall–Kier alpha value is -1.51. The van der Waals surface area contributed by atoms with Crippen molar-refractivity contribution in [2.24, 2.45) is 0 Å². The fourth-order valence-corrected chi connectivity index (χ4v) is 1.83. The lowest BCUT2D eigenvalue weighted by Gasteiger charge is -2.23. The molecule has 3 heteroatoms. The smallest absolute Gasteiger partial charge is 0.263 e. The topological polar surface area (TPSA) is 29.5 Å². The number of carbonyl (C=O) groups excluding carboxylic acids is 1. The first-order valence-corrected chi connectivity index (χ1v) is 6.52. The van der Waals surface area contributed by atoms with Gasteiger partial charge in [-0.25, -0.2) is 0 Å². The molecule has 1 rings (SSSR count). The molecular weight excluding hydrogens is 226 g/mol. The summed E-state index contributed by atoms with van der Waals surface area (Å²) >= 11 is 0. The van der Waals surface area contributed by atoms with Gasteiger partial charge < -0.3 is 9.64 Å². The lowest BCUT2D eigenvalue weighted by Crippen LogP contribution is -2.40. The second-order valence-corrected chi connectivity index (χ2v) is 4.52. The van der Waals surface area contributed by atoms with Crippen molar-refractivity contribution in [3.05, 3.63) is 29.3 Å². The highest BCUT2D eigenvalue weighted by atomic mass is 16.5. The third-order valence-electron chi connectivity index (χ3n) is 3.21. The SMILES string of the molecule is CCN(CC)C(=O)[C@@H](C)Oc1ccc(C)c(C)c1. The predicted molar refractivity (Wildman–Crippen MR) is 73.9 cm³/mol. The van der Waals surface area contributed by atoms with Crippen LogP contribution in [0.25, 0.3) is 0 Å². The molecule has 0 aliphatic carbocycles. The van der Waals surface area contributed by atoms with Crippen LogP contribution in [0, 0.1) is 13.8 Å². The minimum absolute atomic E-state index is 0.0400. The van der Waals surface area contributed by atoms with Gasteiger partial charge in [-0.15, -0.1) is 0 Å². The van der Waals surface area contributed by atoms with Crippen molar-refractivity contribution in [1.29, 1.82) is 0 Å². The van der Waals surface area contributed by atoms with E-state index in [9.17, 15) is 4.79 Å². The zero-order valence-electron chi connectivity index (χ0n) is 12.0. The Bertz CT molecular complexity index is 411. The summed E-state index contributed by atoms with van der Waals surface area (Å²) in [5, 5.41) is 0. The summed E-state index contributed by atoms with van der Waals surface area (Å²) in [7, 11) is 0. The minimum atomic E-state index is -0.438. The number of nitrogens with zero attached hydrogens (tertiary/aromatic N) is 1. The molecule has 0 saturated heterocycles. The number of hydrogen-bond acceptors (Lipinski definition) is 2. The van der Waals surface area contributed by atoms with Crippen molar-refractivity contribution in [2.75, 3.05) is 13.1 Å². The van der Waals surface area contributed by atoms with E-state index in [1.165, 1.54) is 11.1 Å². The van der Waals surface area contributed by atoms with Crippen molar-refractivity contribution in [3.63, 3.8) is 0 Å². The average molecular weight is 249 g/mol. The molecule has 1 atom stereocenters. The largest absolute Gasteiger partial charge is 0.481 e. The number of likely N-dealkylation sites (N-methyl/N-ethyl adjacent to an activating group) is 1. The molecule has 3 nitrogen and oxygen atoms in total. The Morgan fingerprint density at radius 2 is 1.83 bits per heavy atom. The van der Waals surface area contributed by atoms with Crippen LogP contribution in [0.1, 0.15) is 31.9 Å². The lowest BCUT2D eigenvalue weighted by atomic mass is 10.1. The van der Waals surface area contributed by atoms with Crippen molar-refractivity contribution in [1.82, 2.24) is 4.90 Å². The molecule has 0 aliphatic rings. The van der Waals surface area contributed by atoms with Gasteiger partial charge in [0.15, 0.2) is 6.10 Å². The van der Waals surface area contributed by atoms with Crippen LogP contribution in [0.2, 0.25) is 0 Å². The van der Waals surface area contributed by atoms with E-state index in [1.54, 1.807) is 11.8 Å². The van der Waals surface area contributed by atoms with Crippen LogP contribution >= 0.6 is 0 Å².